The summed E-state index contributed by atoms with van der Waals surface area (Å²) in [5.41, 5.74) is 2.29. The molecule has 0 spiro atoms. The zero-order valence-electron chi connectivity index (χ0n) is 19.0. The number of benzene rings is 2. The third-order valence-electron chi connectivity index (χ3n) is 6.73. The molecule has 0 atom stereocenters. The van der Waals surface area contributed by atoms with Crippen LogP contribution in [-0.4, -0.2) is 70.0 Å². The highest BCUT2D eigenvalue weighted by molar-refractivity contribution is 5.79. The molecule has 0 saturated carbocycles. The number of hydrogen-bond donors (Lipinski definition) is 0. The Morgan fingerprint density at radius 3 is 2.15 bits per heavy atom. The zero-order chi connectivity index (χ0) is 22.5. The van der Waals surface area contributed by atoms with Gasteiger partial charge >= 0.3 is 0 Å². The van der Waals surface area contributed by atoms with Gasteiger partial charge < -0.3 is 9.42 Å². The summed E-state index contributed by atoms with van der Waals surface area (Å²) in [6.07, 6.45) is 1.78. The summed E-state index contributed by atoms with van der Waals surface area (Å²) in [5.74, 6) is 1.72. The van der Waals surface area contributed by atoms with Crippen LogP contribution in [0.15, 0.2) is 65.2 Å². The maximum atomic E-state index is 13.1. The van der Waals surface area contributed by atoms with Gasteiger partial charge in [0.15, 0.2) is 0 Å². The molecule has 0 N–H and O–H groups in total. The van der Waals surface area contributed by atoms with E-state index >= 15 is 0 Å². The number of likely N-dealkylation sites (tertiary alicyclic amines) is 1. The first-order valence-electron chi connectivity index (χ1n) is 11.9. The molecule has 2 aromatic carbocycles. The Labute approximate surface area is 195 Å². The van der Waals surface area contributed by atoms with Crippen LogP contribution in [0.5, 0.6) is 0 Å². The fourth-order valence-corrected chi connectivity index (χ4v) is 4.78. The summed E-state index contributed by atoms with van der Waals surface area (Å²) < 4.78 is 5.46. The molecule has 7 heteroatoms. The normalized spacial score (nSPS) is 18.5. The predicted octanol–water partition coefficient (Wildman–Crippen LogP) is 3.29. The number of aromatic nitrogens is 2. The van der Waals surface area contributed by atoms with E-state index in [1.54, 1.807) is 0 Å². The Morgan fingerprint density at radius 1 is 0.818 bits per heavy atom. The molecule has 33 heavy (non-hydrogen) atoms. The van der Waals surface area contributed by atoms with Crippen molar-refractivity contribution in [2.24, 2.45) is 5.92 Å². The van der Waals surface area contributed by atoms with Crippen molar-refractivity contribution in [2.45, 2.75) is 25.9 Å². The lowest BCUT2D eigenvalue weighted by Crippen LogP contribution is -2.51. The van der Waals surface area contributed by atoms with Crippen molar-refractivity contribution in [3.05, 3.63) is 72.1 Å². The van der Waals surface area contributed by atoms with E-state index in [4.69, 9.17) is 4.52 Å². The minimum Gasteiger partial charge on any atom is -0.340 e. The van der Waals surface area contributed by atoms with Gasteiger partial charge in [0.05, 0.1) is 6.54 Å². The summed E-state index contributed by atoms with van der Waals surface area (Å²) >= 11 is 0. The number of rotatable bonds is 6. The molecule has 0 bridgehead atoms. The van der Waals surface area contributed by atoms with Crippen LogP contribution < -0.4 is 0 Å². The van der Waals surface area contributed by atoms with Crippen LogP contribution in [0.4, 0.5) is 0 Å². The molecule has 7 nitrogen and oxygen atoms in total. The van der Waals surface area contributed by atoms with Gasteiger partial charge in [-0.05, 0) is 31.5 Å². The number of carbonyl (C=O) groups excluding carboxylic acids is 1. The lowest BCUT2D eigenvalue weighted by atomic mass is 9.95. The van der Waals surface area contributed by atoms with Crippen LogP contribution in [0.2, 0.25) is 0 Å². The SMILES string of the molecule is O=C(C1CCN(Cc2nc(-c3ccccc3)no2)CC1)N1CCN(Cc2ccccc2)CC1. The van der Waals surface area contributed by atoms with Crippen LogP contribution >= 0.6 is 0 Å². The molecule has 3 aromatic rings. The summed E-state index contributed by atoms with van der Waals surface area (Å²) in [6, 6.07) is 20.4. The molecule has 5 rings (SSSR count). The van der Waals surface area contributed by atoms with Crippen molar-refractivity contribution in [2.75, 3.05) is 39.3 Å². The highest BCUT2D eigenvalue weighted by atomic mass is 16.5. The van der Waals surface area contributed by atoms with E-state index < -0.39 is 0 Å². The van der Waals surface area contributed by atoms with E-state index in [1.165, 1.54) is 5.56 Å². The Bertz CT molecular complexity index is 1020. The van der Waals surface area contributed by atoms with Gasteiger partial charge in [-0.25, -0.2) is 0 Å². The minimum atomic E-state index is 0.129. The highest BCUT2D eigenvalue weighted by Crippen LogP contribution is 2.23. The van der Waals surface area contributed by atoms with E-state index in [0.29, 0.717) is 24.2 Å². The summed E-state index contributed by atoms with van der Waals surface area (Å²) in [5, 5.41) is 4.11. The third-order valence-corrected chi connectivity index (χ3v) is 6.73. The largest absolute Gasteiger partial charge is 0.340 e. The molecule has 2 fully saturated rings. The van der Waals surface area contributed by atoms with Gasteiger partial charge in [0.2, 0.25) is 17.6 Å². The van der Waals surface area contributed by atoms with Crippen molar-refractivity contribution < 1.29 is 9.32 Å². The Balaban J connectivity index is 1.06. The quantitative estimate of drug-likeness (QED) is 0.580. The smallest absolute Gasteiger partial charge is 0.241 e. The number of piperidine rings is 1. The monoisotopic (exact) mass is 445 g/mol. The summed E-state index contributed by atoms with van der Waals surface area (Å²) in [7, 11) is 0. The van der Waals surface area contributed by atoms with Crippen LogP contribution in [0.1, 0.15) is 24.3 Å². The van der Waals surface area contributed by atoms with Gasteiger partial charge in [0.1, 0.15) is 0 Å². The highest BCUT2D eigenvalue weighted by Gasteiger charge is 2.31. The number of piperazine rings is 1. The first-order chi connectivity index (χ1) is 16.2. The van der Waals surface area contributed by atoms with E-state index in [2.05, 4.69) is 55.2 Å². The van der Waals surface area contributed by atoms with Crippen LogP contribution in [-0.2, 0) is 17.9 Å². The van der Waals surface area contributed by atoms with Crippen LogP contribution in [0.3, 0.4) is 0 Å². The molecule has 0 aliphatic carbocycles. The molecule has 2 aliphatic heterocycles. The van der Waals surface area contributed by atoms with Gasteiger partial charge in [-0.1, -0.05) is 65.8 Å². The Hall–Kier alpha value is -3.03. The molecular weight excluding hydrogens is 414 g/mol. The van der Waals surface area contributed by atoms with Crippen molar-refractivity contribution in [3.8, 4) is 11.4 Å². The molecule has 172 valence electrons. The Morgan fingerprint density at radius 2 is 1.45 bits per heavy atom. The number of hydrogen-bond acceptors (Lipinski definition) is 6. The average molecular weight is 446 g/mol. The number of nitrogens with zero attached hydrogens (tertiary/aromatic N) is 5. The average Bonchev–Trinajstić information content (AvgIpc) is 3.34. The van der Waals surface area contributed by atoms with Crippen LogP contribution in [0.25, 0.3) is 11.4 Å². The van der Waals surface area contributed by atoms with Gasteiger partial charge in [0.25, 0.3) is 0 Å². The maximum Gasteiger partial charge on any atom is 0.241 e. The minimum absolute atomic E-state index is 0.129. The second-order valence-corrected chi connectivity index (χ2v) is 9.02. The summed E-state index contributed by atoms with van der Waals surface area (Å²) in [4.78, 5) is 24.5. The zero-order valence-corrected chi connectivity index (χ0v) is 19.0. The standard InChI is InChI=1S/C26H31N5O2/c32-26(31-17-15-30(16-18-31)19-21-7-3-1-4-8-21)23-11-13-29(14-12-23)20-24-27-25(28-33-24)22-9-5-2-6-10-22/h1-10,23H,11-20H2. The van der Waals surface area contributed by atoms with Crippen molar-refractivity contribution in [1.82, 2.24) is 24.8 Å². The molecule has 0 unspecified atom stereocenters. The van der Waals surface area contributed by atoms with E-state index in [9.17, 15) is 4.79 Å². The topological polar surface area (TPSA) is 65.7 Å². The second-order valence-electron chi connectivity index (χ2n) is 9.02. The van der Waals surface area contributed by atoms with E-state index in [-0.39, 0.29) is 5.92 Å². The molecular formula is C26H31N5O2. The lowest BCUT2D eigenvalue weighted by molar-refractivity contribution is -0.139. The van der Waals surface area contributed by atoms with E-state index in [0.717, 1.165) is 64.2 Å². The van der Waals surface area contributed by atoms with Gasteiger partial charge in [-0.2, -0.15) is 4.98 Å². The van der Waals surface area contributed by atoms with Gasteiger partial charge in [-0.3, -0.25) is 14.6 Å². The second kappa shape index (κ2) is 10.3. The molecule has 3 heterocycles. The molecule has 1 aromatic heterocycles. The summed E-state index contributed by atoms with van der Waals surface area (Å²) in [6.45, 7) is 6.91. The molecule has 0 radical (unpaired) electrons. The van der Waals surface area contributed by atoms with Crippen molar-refractivity contribution >= 4 is 5.91 Å². The third kappa shape index (κ3) is 5.49. The maximum absolute atomic E-state index is 13.1. The van der Waals surface area contributed by atoms with Gasteiger partial charge in [-0.15, -0.1) is 0 Å². The number of amides is 1. The first kappa shape index (κ1) is 21.8. The fraction of sp³-hybridized carbons (Fsp3) is 0.423. The lowest BCUT2D eigenvalue weighted by Gasteiger charge is -2.38. The van der Waals surface area contributed by atoms with Crippen LogP contribution in [0, 0.1) is 5.92 Å². The Kier molecular flexibility index (Phi) is 6.79. The van der Waals surface area contributed by atoms with Crippen molar-refractivity contribution in [3.63, 3.8) is 0 Å². The molecule has 2 aliphatic rings. The number of carbonyl (C=O) groups is 1. The fourth-order valence-electron chi connectivity index (χ4n) is 4.78. The van der Waals surface area contributed by atoms with E-state index in [1.807, 2.05) is 30.3 Å². The van der Waals surface area contributed by atoms with Crippen molar-refractivity contribution in [1.29, 1.82) is 0 Å². The first-order valence-corrected chi connectivity index (χ1v) is 11.9. The molecule has 1 amide bonds. The van der Waals surface area contributed by atoms with Gasteiger partial charge in [0, 0.05) is 44.2 Å². The molecule has 2 saturated heterocycles. The predicted molar refractivity (Wildman–Crippen MR) is 126 cm³/mol.